The highest BCUT2D eigenvalue weighted by Crippen LogP contribution is 2.33. The fourth-order valence-electron chi connectivity index (χ4n) is 3.27. The number of hydrogen-bond donors (Lipinski definition) is 2. The summed E-state index contributed by atoms with van der Waals surface area (Å²) in [6.07, 6.45) is 1.34. The van der Waals surface area contributed by atoms with Crippen LogP contribution in [-0.2, 0) is 16.0 Å². The summed E-state index contributed by atoms with van der Waals surface area (Å²) in [5.41, 5.74) is 1.64. The summed E-state index contributed by atoms with van der Waals surface area (Å²) in [5.74, 6) is 1.35. The Balaban J connectivity index is 1.47. The standard InChI is InChI=1S/C19H25N3O3S/c1-13(2)15-5-3-14(4-6-15)7-9-20-16(23)11-22-17(24)19(21-18(22)25)8-10-26-12-19/h3-6,13H,7-12H2,1-2H3,(H,20,23)(H,21,25). The van der Waals surface area contributed by atoms with Crippen LogP contribution in [0.5, 0.6) is 0 Å². The number of nitrogens with one attached hydrogen (secondary N) is 2. The zero-order valence-electron chi connectivity index (χ0n) is 15.2. The van der Waals surface area contributed by atoms with E-state index in [9.17, 15) is 14.4 Å². The Morgan fingerprint density at radius 3 is 2.65 bits per heavy atom. The van der Waals surface area contributed by atoms with Crippen LogP contribution in [0.1, 0.15) is 37.3 Å². The molecule has 2 N–H and O–H groups in total. The van der Waals surface area contributed by atoms with Crippen LogP contribution in [0.4, 0.5) is 4.79 Å². The number of imide groups is 1. The number of carbonyl (C=O) groups is 3. The molecule has 2 aliphatic rings. The summed E-state index contributed by atoms with van der Waals surface area (Å²) < 4.78 is 0. The molecule has 1 aromatic rings. The maximum absolute atomic E-state index is 12.5. The van der Waals surface area contributed by atoms with Gasteiger partial charge < -0.3 is 10.6 Å². The van der Waals surface area contributed by atoms with E-state index in [1.165, 1.54) is 5.56 Å². The Bertz CT molecular complexity index is 696. The molecule has 2 heterocycles. The van der Waals surface area contributed by atoms with Crippen molar-refractivity contribution in [2.75, 3.05) is 24.6 Å². The first-order valence-electron chi connectivity index (χ1n) is 8.99. The Morgan fingerprint density at radius 2 is 2.04 bits per heavy atom. The minimum absolute atomic E-state index is 0.219. The molecular formula is C19H25N3O3S. The van der Waals surface area contributed by atoms with Gasteiger partial charge in [-0.05, 0) is 35.6 Å². The van der Waals surface area contributed by atoms with Crippen molar-refractivity contribution in [2.24, 2.45) is 0 Å². The third kappa shape index (κ3) is 3.87. The SMILES string of the molecule is CC(C)c1ccc(CCNC(=O)CN2C(=O)NC3(CCSC3)C2=O)cc1. The van der Waals surface area contributed by atoms with Gasteiger partial charge in [0, 0.05) is 12.3 Å². The van der Waals surface area contributed by atoms with Crippen LogP contribution in [-0.4, -0.2) is 52.9 Å². The molecule has 7 heteroatoms. The minimum Gasteiger partial charge on any atom is -0.354 e. The first-order valence-corrected chi connectivity index (χ1v) is 10.1. The largest absolute Gasteiger partial charge is 0.354 e. The molecule has 2 fully saturated rings. The smallest absolute Gasteiger partial charge is 0.325 e. The number of urea groups is 1. The third-order valence-corrected chi connectivity index (χ3v) is 6.14. The molecule has 0 aliphatic carbocycles. The van der Waals surface area contributed by atoms with Gasteiger partial charge in [0.2, 0.25) is 5.91 Å². The first kappa shape index (κ1) is 18.8. The van der Waals surface area contributed by atoms with Crippen molar-refractivity contribution in [1.29, 1.82) is 0 Å². The van der Waals surface area contributed by atoms with Crippen molar-refractivity contribution in [3.05, 3.63) is 35.4 Å². The molecule has 0 bridgehead atoms. The van der Waals surface area contributed by atoms with Gasteiger partial charge in [0.05, 0.1) is 0 Å². The first-order chi connectivity index (χ1) is 12.4. The number of amides is 4. The highest BCUT2D eigenvalue weighted by Gasteiger charge is 2.53. The summed E-state index contributed by atoms with van der Waals surface area (Å²) in [7, 11) is 0. The lowest BCUT2D eigenvalue weighted by molar-refractivity contribution is -0.134. The molecule has 1 aromatic carbocycles. The lowest BCUT2D eigenvalue weighted by Gasteiger charge is -2.19. The molecule has 1 atom stereocenters. The molecule has 0 saturated carbocycles. The zero-order valence-corrected chi connectivity index (χ0v) is 16.0. The lowest BCUT2D eigenvalue weighted by Crippen LogP contribution is -2.47. The second-order valence-corrected chi connectivity index (χ2v) is 8.31. The fourth-order valence-corrected chi connectivity index (χ4v) is 4.59. The molecule has 1 spiro atoms. The van der Waals surface area contributed by atoms with Crippen LogP contribution in [0, 0.1) is 0 Å². The van der Waals surface area contributed by atoms with E-state index in [0.717, 1.165) is 16.2 Å². The van der Waals surface area contributed by atoms with Crippen LogP contribution in [0.3, 0.4) is 0 Å². The van der Waals surface area contributed by atoms with E-state index in [1.54, 1.807) is 11.8 Å². The third-order valence-electron chi connectivity index (χ3n) is 4.95. The monoisotopic (exact) mass is 375 g/mol. The van der Waals surface area contributed by atoms with Crippen molar-refractivity contribution in [1.82, 2.24) is 15.5 Å². The molecule has 2 aliphatic heterocycles. The minimum atomic E-state index is -0.791. The number of benzene rings is 1. The van der Waals surface area contributed by atoms with Crippen LogP contribution < -0.4 is 10.6 Å². The van der Waals surface area contributed by atoms with Gasteiger partial charge in [0.1, 0.15) is 12.1 Å². The molecule has 0 radical (unpaired) electrons. The van der Waals surface area contributed by atoms with Crippen molar-refractivity contribution >= 4 is 29.6 Å². The summed E-state index contributed by atoms with van der Waals surface area (Å²) in [6, 6.07) is 7.89. The van der Waals surface area contributed by atoms with E-state index in [0.29, 0.717) is 31.1 Å². The summed E-state index contributed by atoms with van der Waals surface area (Å²) >= 11 is 1.65. The number of nitrogens with zero attached hydrogens (tertiary/aromatic N) is 1. The van der Waals surface area contributed by atoms with Gasteiger partial charge in [-0.15, -0.1) is 0 Å². The highest BCUT2D eigenvalue weighted by molar-refractivity contribution is 7.99. The predicted molar refractivity (Wildman–Crippen MR) is 102 cm³/mol. The molecule has 3 rings (SSSR count). The van der Waals surface area contributed by atoms with E-state index in [2.05, 4.69) is 48.7 Å². The maximum atomic E-state index is 12.5. The van der Waals surface area contributed by atoms with Crippen molar-refractivity contribution < 1.29 is 14.4 Å². The van der Waals surface area contributed by atoms with Gasteiger partial charge in [-0.3, -0.25) is 14.5 Å². The van der Waals surface area contributed by atoms with E-state index in [4.69, 9.17) is 0 Å². The molecule has 6 nitrogen and oxygen atoms in total. The summed E-state index contributed by atoms with van der Waals surface area (Å²) in [4.78, 5) is 37.8. The molecule has 4 amide bonds. The topological polar surface area (TPSA) is 78.5 Å². The predicted octanol–water partition coefficient (Wildman–Crippen LogP) is 1.90. The highest BCUT2D eigenvalue weighted by atomic mass is 32.2. The van der Waals surface area contributed by atoms with Crippen molar-refractivity contribution in [3.8, 4) is 0 Å². The zero-order chi connectivity index (χ0) is 18.7. The maximum Gasteiger partial charge on any atom is 0.325 e. The van der Waals surface area contributed by atoms with E-state index < -0.39 is 11.6 Å². The molecule has 0 aromatic heterocycles. The van der Waals surface area contributed by atoms with Gasteiger partial charge in [-0.1, -0.05) is 38.1 Å². The number of rotatable bonds is 6. The molecule has 2 saturated heterocycles. The van der Waals surface area contributed by atoms with Crippen molar-refractivity contribution in [3.63, 3.8) is 0 Å². The van der Waals surface area contributed by atoms with Crippen LogP contribution in [0.2, 0.25) is 0 Å². The quantitative estimate of drug-likeness (QED) is 0.745. The Labute approximate surface area is 158 Å². The average molecular weight is 375 g/mol. The fraction of sp³-hybridized carbons (Fsp3) is 0.526. The normalized spacial score (nSPS) is 22.3. The Kier molecular flexibility index (Phi) is 5.55. The van der Waals surface area contributed by atoms with E-state index in [1.807, 2.05) is 0 Å². The van der Waals surface area contributed by atoms with Crippen molar-refractivity contribution in [2.45, 2.75) is 38.1 Å². The number of hydrogen-bond acceptors (Lipinski definition) is 4. The van der Waals surface area contributed by atoms with Crippen LogP contribution in [0.25, 0.3) is 0 Å². The average Bonchev–Trinajstić information content (AvgIpc) is 3.16. The van der Waals surface area contributed by atoms with Gasteiger partial charge in [-0.25, -0.2) is 4.79 Å². The van der Waals surface area contributed by atoms with Crippen LogP contribution in [0.15, 0.2) is 24.3 Å². The van der Waals surface area contributed by atoms with Gasteiger partial charge in [0.25, 0.3) is 5.91 Å². The van der Waals surface area contributed by atoms with Gasteiger partial charge >= 0.3 is 6.03 Å². The van der Waals surface area contributed by atoms with E-state index in [-0.39, 0.29) is 18.4 Å². The molecule has 140 valence electrons. The van der Waals surface area contributed by atoms with Crippen LogP contribution >= 0.6 is 11.8 Å². The molecule has 26 heavy (non-hydrogen) atoms. The molecule has 1 unspecified atom stereocenters. The molecular weight excluding hydrogens is 350 g/mol. The Hall–Kier alpha value is -2.02. The number of thioether (sulfide) groups is 1. The number of carbonyl (C=O) groups excluding carboxylic acids is 3. The lowest BCUT2D eigenvalue weighted by atomic mass is 9.99. The van der Waals surface area contributed by atoms with Gasteiger partial charge in [0.15, 0.2) is 0 Å². The van der Waals surface area contributed by atoms with E-state index >= 15 is 0 Å². The summed E-state index contributed by atoms with van der Waals surface area (Å²) in [5, 5.41) is 5.56. The Morgan fingerprint density at radius 1 is 1.31 bits per heavy atom. The second kappa shape index (κ2) is 7.70. The summed E-state index contributed by atoms with van der Waals surface area (Å²) in [6.45, 7) is 4.56. The van der Waals surface area contributed by atoms with Gasteiger partial charge in [-0.2, -0.15) is 11.8 Å². The second-order valence-electron chi connectivity index (χ2n) is 7.20.